The molecule has 0 saturated carbocycles. The first kappa shape index (κ1) is 17.9. The molecule has 110 valence electrons. The number of allylic oxidation sites excluding steroid dienone is 2. The number of carbonyl (C=O) groups excluding carboxylic acids is 2. The van der Waals surface area contributed by atoms with E-state index in [-0.39, 0.29) is 11.9 Å². The fourth-order valence-electron chi connectivity index (χ4n) is 1.83. The van der Waals surface area contributed by atoms with Crippen LogP contribution < -0.4 is 0 Å². The van der Waals surface area contributed by atoms with Crippen molar-refractivity contribution in [2.75, 3.05) is 6.61 Å². The first-order valence-corrected chi connectivity index (χ1v) is 7.29. The van der Waals surface area contributed by atoms with Crippen molar-refractivity contribution in [1.82, 2.24) is 0 Å². The number of hydrogen-bond acceptors (Lipinski definition) is 3. The Hall–Kier alpha value is -1.12. The molecule has 0 aromatic rings. The van der Waals surface area contributed by atoms with Gasteiger partial charge in [-0.3, -0.25) is 9.59 Å². The Labute approximate surface area is 117 Å². The topological polar surface area (TPSA) is 43.4 Å². The van der Waals surface area contributed by atoms with Gasteiger partial charge in [0, 0.05) is 18.8 Å². The minimum atomic E-state index is -0.161. The Morgan fingerprint density at radius 1 is 1.16 bits per heavy atom. The summed E-state index contributed by atoms with van der Waals surface area (Å²) in [6.07, 6.45) is 6.59. The quantitative estimate of drug-likeness (QED) is 0.341. The third kappa shape index (κ3) is 10.5. The van der Waals surface area contributed by atoms with Crippen molar-refractivity contribution in [2.45, 2.75) is 66.2 Å². The highest BCUT2D eigenvalue weighted by molar-refractivity contribution is 5.80. The first-order chi connectivity index (χ1) is 8.97. The number of Topliss-reactive ketones (excluding diaryl/α,β-unsaturated/α-hetero) is 1. The Morgan fingerprint density at radius 3 is 2.37 bits per heavy atom. The molecular formula is C16H28O3. The van der Waals surface area contributed by atoms with Crippen molar-refractivity contribution in [1.29, 1.82) is 0 Å². The minimum absolute atomic E-state index is 0.123. The van der Waals surface area contributed by atoms with Crippen LogP contribution in [0.25, 0.3) is 0 Å². The zero-order valence-electron chi connectivity index (χ0n) is 12.8. The average Bonchev–Trinajstić information content (AvgIpc) is 2.34. The van der Waals surface area contributed by atoms with Crippen LogP contribution in [0.3, 0.4) is 0 Å². The van der Waals surface area contributed by atoms with E-state index >= 15 is 0 Å². The molecule has 19 heavy (non-hydrogen) atoms. The molecule has 0 fully saturated rings. The van der Waals surface area contributed by atoms with Gasteiger partial charge in [0.1, 0.15) is 5.78 Å². The molecule has 0 saturated heterocycles. The van der Waals surface area contributed by atoms with E-state index in [1.807, 2.05) is 6.92 Å². The largest absolute Gasteiger partial charge is 0.466 e. The van der Waals surface area contributed by atoms with Gasteiger partial charge < -0.3 is 4.74 Å². The predicted molar refractivity (Wildman–Crippen MR) is 77.9 cm³/mol. The summed E-state index contributed by atoms with van der Waals surface area (Å²) in [5, 5.41) is 0. The molecule has 0 bridgehead atoms. The van der Waals surface area contributed by atoms with E-state index in [4.69, 9.17) is 4.74 Å². The van der Waals surface area contributed by atoms with E-state index in [2.05, 4.69) is 19.9 Å². The maximum atomic E-state index is 11.9. The lowest BCUT2D eigenvalue weighted by Crippen LogP contribution is -2.11. The van der Waals surface area contributed by atoms with E-state index in [9.17, 15) is 9.59 Å². The molecule has 0 N–H and O–H groups in total. The van der Waals surface area contributed by atoms with Crippen LogP contribution in [-0.4, -0.2) is 18.4 Å². The van der Waals surface area contributed by atoms with Gasteiger partial charge in [-0.2, -0.15) is 0 Å². The molecule has 0 aliphatic carbocycles. The molecule has 0 radical (unpaired) electrons. The Kier molecular flexibility index (Phi) is 10.1. The van der Waals surface area contributed by atoms with Gasteiger partial charge in [0.15, 0.2) is 0 Å². The fourth-order valence-corrected chi connectivity index (χ4v) is 1.83. The third-order valence-corrected chi connectivity index (χ3v) is 3.06. The molecule has 0 amide bonds. The summed E-state index contributed by atoms with van der Waals surface area (Å²) < 4.78 is 4.84. The monoisotopic (exact) mass is 268 g/mol. The second-order valence-corrected chi connectivity index (χ2v) is 5.24. The number of hydrogen-bond donors (Lipinski definition) is 0. The number of ether oxygens (including phenoxy) is 1. The summed E-state index contributed by atoms with van der Waals surface area (Å²) in [4.78, 5) is 23.0. The molecule has 3 nitrogen and oxygen atoms in total. The maximum absolute atomic E-state index is 11.9. The molecule has 0 aromatic carbocycles. The summed E-state index contributed by atoms with van der Waals surface area (Å²) in [6, 6.07) is 0. The van der Waals surface area contributed by atoms with Crippen molar-refractivity contribution < 1.29 is 14.3 Å². The Morgan fingerprint density at radius 2 is 1.79 bits per heavy atom. The number of carbonyl (C=O) groups is 2. The highest BCUT2D eigenvalue weighted by Crippen LogP contribution is 2.13. The number of esters is 1. The number of ketones is 1. The molecule has 1 atom stereocenters. The molecular weight excluding hydrogens is 240 g/mol. The van der Waals surface area contributed by atoms with E-state index in [0.29, 0.717) is 25.2 Å². The van der Waals surface area contributed by atoms with Crippen LogP contribution in [0.4, 0.5) is 0 Å². The van der Waals surface area contributed by atoms with Crippen LogP contribution in [0.1, 0.15) is 66.2 Å². The summed E-state index contributed by atoms with van der Waals surface area (Å²) in [5.74, 6) is 0.274. The van der Waals surface area contributed by atoms with Crippen LogP contribution in [-0.2, 0) is 14.3 Å². The molecule has 3 heteroatoms. The Balaban J connectivity index is 3.68. The lowest BCUT2D eigenvalue weighted by molar-refractivity contribution is -0.143. The van der Waals surface area contributed by atoms with Crippen LogP contribution in [0, 0.1) is 5.92 Å². The summed E-state index contributed by atoms with van der Waals surface area (Å²) in [6.45, 7) is 8.37. The van der Waals surface area contributed by atoms with Gasteiger partial charge in [0.05, 0.1) is 6.61 Å². The SMILES string of the molecule is CCOC(=O)CCCCC(=O)C(C)CCC=C(C)C. The molecule has 0 aliphatic rings. The van der Waals surface area contributed by atoms with E-state index in [1.54, 1.807) is 6.92 Å². The lowest BCUT2D eigenvalue weighted by Gasteiger charge is -2.09. The number of rotatable bonds is 10. The second-order valence-electron chi connectivity index (χ2n) is 5.24. The van der Waals surface area contributed by atoms with Gasteiger partial charge in [-0.05, 0) is 46.5 Å². The van der Waals surface area contributed by atoms with Crippen LogP contribution in [0.2, 0.25) is 0 Å². The zero-order valence-corrected chi connectivity index (χ0v) is 12.8. The lowest BCUT2D eigenvalue weighted by atomic mass is 9.96. The molecule has 0 rings (SSSR count). The maximum Gasteiger partial charge on any atom is 0.305 e. The number of unbranched alkanes of at least 4 members (excludes halogenated alkanes) is 1. The summed E-state index contributed by atoms with van der Waals surface area (Å²) in [7, 11) is 0. The van der Waals surface area contributed by atoms with Gasteiger partial charge in [0.2, 0.25) is 0 Å². The summed E-state index contributed by atoms with van der Waals surface area (Å²) >= 11 is 0. The van der Waals surface area contributed by atoms with Crippen LogP contribution in [0.5, 0.6) is 0 Å². The van der Waals surface area contributed by atoms with Crippen molar-refractivity contribution in [3.8, 4) is 0 Å². The molecule has 0 heterocycles. The fraction of sp³-hybridized carbons (Fsp3) is 0.750. The zero-order chi connectivity index (χ0) is 14.7. The van der Waals surface area contributed by atoms with E-state index < -0.39 is 0 Å². The second kappa shape index (κ2) is 10.8. The van der Waals surface area contributed by atoms with Gasteiger partial charge in [0.25, 0.3) is 0 Å². The van der Waals surface area contributed by atoms with E-state index in [0.717, 1.165) is 25.7 Å². The highest BCUT2D eigenvalue weighted by Gasteiger charge is 2.12. The molecule has 1 unspecified atom stereocenters. The van der Waals surface area contributed by atoms with Crippen LogP contribution in [0.15, 0.2) is 11.6 Å². The first-order valence-electron chi connectivity index (χ1n) is 7.29. The van der Waals surface area contributed by atoms with Crippen molar-refractivity contribution >= 4 is 11.8 Å². The van der Waals surface area contributed by atoms with Crippen molar-refractivity contribution in [3.63, 3.8) is 0 Å². The van der Waals surface area contributed by atoms with Crippen LogP contribution >= 0.6 is 0 Å². The minimum Gasteiger partial charge on any atom is -0.466 e. The standard InChI is InChI=1S/C16H28O3/c1-5-19-16(18)12-7-6-11-15(17)14(4)10-8-9-13(2)3/h9,14H,5-8,10-12H2,1-4H3. The average molecular weight is 268 g/mol. The predicted octanol–water partition coefficient (Wildman–Crippen LogP) is 4.06. The normalized spacial score (nSPS) is 11.8. The van der Waals surface area contributed by atoms with E-state index in [1.165, 1.54) is 5.57 Å². The Bertz CT molecular complexity index is 301. The third-order valence-electron chi connectivity index (χ3n) is 3.06. The molecule has 0 spiro atoms. The molecule has 0 aromatic heterocycles. The molecule has 0 aliphatic heterocycles. The van der Waals surface area contributed by atoms with Gasteiger partial charge in [-0.1, -0.05) is 18.6 Å². The van der Waals surface area contributed by atoms with Crippen molar-refractivity contribution in [3.05, 3.63) is 11.6 Å². The van der Waals surface area contributed by atoms with Crippen molar-refractivity contribution in [2.24, 2.45) is 5.92 Å². The highest BCUT2D eigenvalue weighted by atomic mass is 16.5. The van der Waals surface area contributed by atoms with Gasteiger partial charge >= 0.3 is 5.97 Å². The summed E-state index contributed by atoms with van der Waals surface area (Å²) in [5.41, 5.74) is 1.30. The van der Waals surface area contributed by atoms with Gasteiger partial charge in [-0.25, -0.2) is 0 Å². The van der Waals surface area contributed by atoms with Gasteiger partial charge in [-0.15, -0.1) is 0 Å². The smallest absolute Gasteiger partial charge is 0.305 e.